The molecule has 3 N–H and O–H groups in total. The van der Waals surface area contributed by atoms with Gasteiger partial charge in [0.15, 0.2) is 0 Å². The number of urea groups is 1. The summed E-state index contributed by atoms with van der Waals surface area (Å²) in [7, 11) is 0. The number of nitriles is 1. The van der Waals surface area contributed by atoms with Gasteiger partial charge in [0, 0.05) is 11.3 Å². The summed E-state index contributed by atoms with van der Waals surface area (Å²) in [6.45, 7) is -0.0934. The van der Waals surface area contributed by atoms with Gasteiger partial charge in [-0.05, 0) is 17.9 Å². The molecule has 1 unspecified atom stereocenters. The van der Waals surface area contributed by atoms with Crippen molar-refractivity contribution in [3.05, 3.63) is 54.6 Å². The van der Waals surface area contributed by atoms with Crippen LogP contribution in [0, 0.1) is 11.3 Å². The smallest absolute Gasteiger partial charge is 0.319 e. The number of amides is 3. The van der Waals surface area contributed by atoms with Crippen molar-refractivity contribution in [2.45, 2.75) is 6.04 Å². The van der Waals surface area contributed by atoms with Crippen molar-refractivity contribution in [2.24, 2.45) is 0 Å². The van der Waals surface area contributed by atoms with E-state index in [9.17, 15) is 9.59 Å². The molecular weight excluding hydrogens is 348 g/mol. The van der Waals surface area contributed by atoms with E-state index < -0.39 is 12.1 Å². The molecule has 7 heteroatoms. The monoisotopic (exact) mass is 368 g/mol. The SMILES string of the molecule is CSCC(NC(=O)Nc1ccccc1-c1ccccc1)C(=O)NCC#N. The lowest BCUT2D eigenvalue weighted by atomic mass is 10.0. The van der Waals surface area contributed by atoms with Crippen LogP contribution in [0.1, 0.15) is 0 Å². The topological polar surface area (TPSA) is 94.0 Å². The van der Waals surface area contributed by atoms with Crippen LogP contribution in [0.25, 0.3) is 11.1 Å². The predicted molar refractivity (Wildman–Crippen MR) is 105 cm³/mol. The number of thioether (sulfide) groups is 1. The van der Waals surface area contributed by atoms with Crippen molar-refractivity contribution in [1.82, 2.24) is 10.6 Å². The molecule has 0 heterocycles. The minimum absolute atomic E-state index is 0.0934. The Bertz CT molecular complexity index is 790. The van der Waals surface area contributed by atoms with Gasteiger partial charge in [0.2, 0.25) is 5.91 Å². The highest BCUT2D eigenvalue weighted by molar-refractivity contribution is 7.98. The average Bonchev–Trinajstić information content (AvgIpc) is 2.67. The molecule has 0 aliphatic rings. The molecule has 2 rings (SSSR count). The third kappa shape index (κ3) is 5.53. The lowest BCUT2D eigenvalue weighted by Crippen LogP contribution is -2.49. The standard InChI is InChI=1S/C19H20N4O2S/c1-26-13-17(18(24)21-12-11-20)23-19(25)22-16-10-6-5-9-15(16)14-7-3-2-4-8-14/h2-10,17H,12-13H2,1H3,(H,21,24)(H2,22,23,25). The fourth-order valence-corrected chi connectivity index (χ4v) is 2.95. The molecule has 3 amide bonds. The van der Waals surface area contributed by atoms with Crippen LogP contribution in [0.3, 0.4) is 0 Å². The number of hydrogen-bond donors (Lipinski definition) is 3. The van der Waals surface area contributed by atoms with Crippen LogP contribution in [0.5, 0.6) is 0 Å². The van der Waals surface area contributed by atoms with E-state index in [4.69, 9.17) is 5.26 Å². The summed E-state index contributed by atoms with van der Waals surface area (Å²) in [5, 5.41) is 16.5. The summed E-state index contributed by atoms with van der Waals surface area (Å²) in [5.41, 5.74) is 2.52. The molecule has 0 aromatic heterocycles. The summed E-state index contributed by atoms with van der Waals surface area (Å²) in [6.07, 6.45) is 1.84. The zero-order valence-electron chi connectivity index (χ0n) is 14.4. The van der Waals surface area contributed by atoms with Crippen molar-refractivity contribution >= 4 is 29.4 Å². The van der Waals surface area contributed by atoms with Crippen LogP contribution >= 0.6 is 11.8 Å². The van der Waals surface area contributed by atoms with Gasteiger partial charge in [-0.1, -0.05) is 48.5 Å². The van der Waals surface area contributed by atoms with E-state index in [0.29, 0.717) is 11.4 Å². The molecule has 0 aliphatic carbocycles. The van der Waals surface area contributed by atoms with E-state index in [1.807, 2.05) is 60.9 Å². The molecule has 0 bridgehead atoms. The molecular formula is C19H20N4O2S. The first-order valence-electron chi connectivity index (χ1n) is 8.01. The average molecular weight is 368 g/mol. The van der Waals surface area contributed by atoms with E-state index >= 15 is 0 Å². The van der Waals surface area contributed by atoms with Gasteiger partial charge in [-0.3, -0.25) is 4.79 Å². The van der Waals surface area contributed by atoms with Gasteiger partial charge in [-0.25, -0.2) is 4.79 Å². The maximum Gasteiger partial charge on any atom is 0.319 e. The van der Waals surface area contributed by atoms with Crippen molar-refractivity contribution < 1.29 is 9.59 Å². The fraction of sp³-hybridized carbons (Fsp3) is 0.211. The Hall–Kier alpha value is -2.98. The number of rotatable bonds is 7. The van der Waals surface area contributed by atoms with Crippen molar-refractivity contribution in [1.29, 1.82) is 5.26 Å². The molecule has 0 fully saturated rings. The second-order valence-electron chi connectivity index (χ2n) is 5.39. The molecule has 134 valence electrons. The summed E-state index contributed by atoms with van der Waals surface area (Å²) < 4.78 is 0. The maximum absolute atomic E-state index is 12.4. The molecule has 0 aliphatic heterocycles. The lowest BCUT2D eigenvalue weighted by molar-refractivity contribution is -0.122. The molecule has 6 nitrogen and oxygen atoms in total. The van der Waals surface area contributed by atoms with Gasteiger partial charge >= 0.3 is 6.03 Å². The Morgan fingerprint density at radius 2 is 1.81 bits per heavy atom. The summed E-state index contributed by atoms with van der Waals surface area (Å²) >= 11 is 1.43. The minimum Gasteiger partial charge on any atom is -0.341 e. The van der Waals surface area contributed by atoms with Crippen LogP contribution in [-0.2, 0) is 4.79 Å². The number of nitrogens with zero attached hydrogens (tertiary/aromatic N) is 1. The first-order valence-corrected chi connectivity index (χ1v) is 9.40. The first-order chi connectivity index (χ1) is 12.7. The maximum atomic E-state index is 12.4. The summed E-state index contributed by atoms with van der Waals surface area (Å²) in [5.74, 6) is 0.0257. The van der Waals surface area contributed by atoms with E-state index in [1.165, 1.54) is 11.8 Å². The third-order valence-corrected chi connectivity index (χ3v) is 4.22. The molecule has 26 heavy (non-hydrogen) atoms. The Balaban J connectivity index is 2.10. The Morgan fingerprint density at radius 3 is 2.50 bits per heavy atom. The lowest BCUT2D eigenvalue weighted by Gasteiger charge is -2.18. The van der Waals surface area contributed by atoms with E-state index in [0.717, 1.165) is 11.1 Å². The number of carbonyl (C=O) groups excluding carboxylic acids is 2. The van der Waals surface area contributed by atoms with Crippen LogP contribution in [0.15, 0.2) is 54.6 Å². The number of para-hydroxylation sites is 1. The number of hydrogen-bond acceptors (Lipinski definition) is 4. The zero-order valence-corrected chi connectivity index (χ0v) is 15.2. The zero-order chi connectivity index (χ0) is 18.8. The third-order valence-electron chi connectivity index (χ3n) is 3.56. The van der Waals surface area contributed by atoms with Gasteiger partial charge in [0.1, 0.15) is 12.6 Å². The van der Waals surface area contributed by atoms with Crippen LogP contribution in [0.4, 0.5) is 10.5 Å². The molecule has 2 aromatic rings. The molecule has 0 saturated heterocycles. The highest BCUT2D eigenvalue weighted by Crippen LogP contribution is 2.27. The van der Waals surface area contributed by atoms with Crippen molar-refractivity contribution in [3.63, 3.8) is 0 Å². The van der Waals surface area contributed by atoms with E-state index in [1.54, 1.807) is 6.07 Å². The Morgan fingerprint density at radius 1 is 1.12 bits per heavy atom. The normalized spacial score (nSPS) is 11.1. The molecule has 0 radical (unpaired) electrons. The Labute approximate surface area is 157 Å². The molecule has 0 saturated carbocycles. The van der Waals surface area contributed by atoms with E-state index in [-0.39, 0.29) is 12.5 Å². The molecule has 0 spiro atoms. The fourth-order valence-electron chi connectivity index (χ4n) is 2.38. The van der Waals surface area contributed by atoms with Crippen LogP contribution < -0.4 is 16.0 Å². The first kappa shape index (κ1) is 19.3. The molecule has 1 atom stereocenters. The summed E-state index contributed by atoms with van der Waals surface area (Å²) in [6, 6.07) is 17.8. The van der Waals surface area contributed by atoms with E-state index in [2.05, 4.69) is 16.0 Å². The highest BCUT2D eigenvalue weighted by Gasteiger charge is 2.20. The van der Waals surface area contributed by atoms with Crippen molar-refractivity contribution in [2.75, 3.05) is 23.9 Å². The quantitative estimate of drug-likeness (QED) is 0.655. The number of nitrogens with one attached hydrogen (secondary N) is 3. The highest BCUT2D eigenvalue weighted by atomic mass is 32.2. The summed E-state index contributed by atoms with van der Waals surface area (Å²) in [4.78, 5) is 24.4. The molecule has 2 aromatic carbocycles. The van der Waals surface area contributed by atoms with Gasteiger partial charge in [0.25, 0.3) is 0 Å². The Kier molecular flexibility index (Phi) is 7.52. The van der Waals surface area contributed by atoms with Gasteiger partial charge in [-0.2, -0.15) is 17.0 Å². The van der Waals surface area contributed by atoms with Crippen LogP contribution in [-0.4, -0.2) is 36.5 Å². The minimum atomic E-state index is -0.720. The van der Waals surface area contributed by atoms with Gasteiger partial charge in [0.05, 0.1) is 11.8 Å². The van der Waals surface area contributed by atoms with Crippen molar-refractivity contribution in [3.8, 4) is 17.2 Å². The number of carbonyl (C=O) groups is 2. The number of benzene rings is 2. The number of anilines is 1. The predicted octanol–water partition coefficient (Wildman–Crippen LogP) is 2.85. The van der Waals surface area contributed by atoms with Crippen LogP contribution in [0.2, 0.25) is 0 Å². The van der Waals surface area contributed by atoms with Gasteiger partial charge < -0.3 is 16.0 Å². The second-order valence-corrected chi connectivity index (χ2v) is 6.30. The van der Waals surface area contributed by atoms with Gasteiger partial charge in [-0.15, -0.1) is 0 Å². The second kappa shape index (κ2) is 10.1. The largest absolute Gasteiger partial charge is 0.341 e.